The Balaban J connectivity index is 1.83. The molecular formula is C21H37NO5. The largest absolute Gasteiger partial charge is 0.481 e. The van der Waals surface area contributed by atoms with Crippen LogP contribution < -0.4 is 0 Å². The molecule has 0 bridgehead atoms. The molecule has 2 fully saturated rings. The molecule has 0 saturated heterocycles. The quantitative estimate of drug-likeness (QED) is 0.374. The molecule has 0 radical (unpaired) electrons. The Morgan fingerprint density at radius 1 is 1.37 bits per heavy atom. The maximum Gasteiger partial charge on any atom is 0.306 e. The fourth-order valence-electron chi connectivity index (χ4n) is 4.80. The molecule has 0 aliphatic heterocycles. The Labute approximate surface area is 163 Å². The van der Waals surface area contributed by atoms with Crippen molar-refractivity contribution in [1.82, 2.24) is 0 Å². The van der Waals surface area contributed by atoms with Crippen LogP contribution in [0.1, 0.15) is 78.6 Å². The second kappa shape index (κ2) is 9.87. The zero-order valence-corrected chi connectivity index (χ0v) is 17.1. The van der Waals surface area contributed by atoms with E-state index in [1.54, 1.807) is 0 Å². The lowest BCUT2D eigenvalue weighted by molar-refractivity contribution is -0.138. The maximum atomic E-state index is 10.7. The number of hydrogen-bond donors (Lipinski definition) is 3. The first kappa shape index (κ1) is 22.2. The summed E-state index contributed by atoms with van der Waals surface area (Å²) < 4.78 is 0. The van der Waals surface area contributed by atoms with Gasteiger partial charge in [0.2, 0.25) is 0 Å². The minimum absolute atomic E-state index is 0.0450. The van der Waals surface area contributed by atoms with Crippen molar-refractivity contribution < 1.29 is 25.0 Å². The summed E-state index contributed by atoms with van der Waals surface area (Å²) in [6.45, 7) is 6.54. The standard InChI is InChI=1S/C21H37NO5/c1-4-5-9-21(2,3)19(24)7-6-16-17-13-15(11-14(17)12-18(16)23)22-27-10-8-20(25)26/h14,16-19,23-24H,4-13H2,1-3H3,(H,25,26)/t14-,16+,17-,18+,19?/m1/s1. The Kier molecular flexibility index (Phi) is 8.10. The first-order chi connectivity index (χ1) is 12.7. The summed E-state index contributed by atoms with van der Waals surface area (Å²) in [4.78, 5) is 15.7. The number of aliphatic hydroxyl groups excluding tert-OH is 2. The third-order valence-electron chi connectivity index (χ3n) is 6.61. The maximum absolute atomic E-state index is 10.7. The van der Waals surface area contributed by atoms with Crippen LogP contribution in [0.3, 0.4) is 0 Å². The van der Waals surface area contributed by atoms with Gasteiger partial charge in [0.05, 0.1) is 24.3 Å². The number of aliphatic hydroxyl groups is 2. The molecule has 0 aromatic carbocycles. The number of fused-ring (bicyclic) bond motifs is 1. The zero-order chi connectivity index (χ0) is 20.0. The summed E-state index contributed by atoms with van der Waals surface area (Å²) in [6, 6.07) is 0. The smallest absolute Gasteiger partial charge is 0.306 e. The van der Waals surface area contributed by atoms with Gasteiger partial charge in [-0.15, -0.1) is 0 Å². The molecule has 0 aromatic heterocycles. The average molecular weight is 384 g/mol. The van der Waals surface area contributed by atoms with Gasteiger partial charge in [-0.3, -0.25) is 4.79 Å². The van der Waals surface area contributed by atoms with Crippen LogP contribution in [0, 0.1) is 23.2 Å². The Bertz CT molecular complexity index is 519. The van der Waals surface area contributed by atoms with Gasteiger partial charge in [0.25, 0.3) is 0 Å². The van der Waals surface area contributed by atoms with Crippen molar-refractivity contribution in [2.24, 2.45) is 28.3 Å². The molecule has 3 N–H and O–H groups in total. The van der Waals surface area contributed by atoms with E-state index in [0.717, 1.165) is 57.1 Å². The zero-order valence-electron chi connectivity index (χ0n) is 17.1. The number of hydrogen-bond acceptors (Lipinski definition) is 5. The SMILES string of the molecule is CCCCC(C)(C)C(O)CC[C@H]1[C@@H]2CC(=NOCCC(=O)O)C[C@@H]2C[C@@H]1O. The molecule has 2 aliphatic carbocycles. The predicted octanol–water partition coefficient (Wildman–Crippen LogP) is 3.60. The molecule has 2 aliphatic rings. The van der Waals surface area contributed by atoms with E-state index in [0.29, 0.717) is 11.8 Å². The third kappa shape index (κ3) is 6.18. The van der Waals surface area contributed by atoms with Gasteiger partial charge >= 0.3 is 5.97 Å². The lowest BCUT2D eigenvalue weighted by Gasteiger charge is -2.32. The Morgan fingerprint density at radius 2 is 2.11 bits per heavy atom. The van der Waals surface area contributed by atoms with Crippen LogP contribution in [0.25, 0.3) is 0 Å². The van der Waals surface area contributed by atoms with Gasteiger partial charge < -0.3 is 20.2 Å². The van der Waals surface area contributed by atoms with E-state index >= 15 is 0 Å². The van der Waals surface area contributed by atoms with E-state index in [4.69, 9.17) is 9.94 Å². The number of aliphatic carboxylic acids is 1. The summed E-state index contributed by atoms with van der Waals surface area (Å²) in [5.74, 6) is 0.144. The number of rotatable bonds is 11. The van der Waals surface area contributed by atoms with E-state index in [1.165, 1.54) is 0 Å². The molecule has 0 amide bonds. The number of carboxylic acids is 1. The predicted molar refractivity (Wildman–Crippen MR) is 105 cm³/mol. The van der Waals surface area contributed by atoms with Crippen LogP contribution in [-0.4, -0.2) is 45.8 Å². The first-order valence-corrected chi connectivity index (χ1v) is 10.5. The van der Waals surface area contributed by atoms with Crippen molar-refractivity contribution in [2.75, 3.05) is 6.61 Å². The molecule has 6 nitrogen and oxygen atoms in total. The fourth-order valence-corrected chi connectivity index (χ4v) is 4.80. The summed E-state index contributed by atoms with van der Waals surface area (Å²) in [5.41, 5.74) is 0.898. The first-order valence-electron chi connectivity index (χ1n) is 10.5. The summed E-state index contributed by atoms with van der Waals surface area (Å²) in [7, 11) is 0. The molecular weight excluding hydrogens is 346 g/mol. The highest BCUT2D eigenvalue weighted by Gasteiger charge is 2.47. The molecule has 2 rings (SSSR count). The number of oxime groups is 1. The second-order valence-corrected chi connectivity index (χ2v) is 9.12. The summed E-state index contributed by atoms with van der Waals surface area (Å²) in [6.07, 6.45) is 6.61. The lowest BCUT2D eigenvalue weighted by atomic mass is 9.77. The molecule has 1 unspecified atom stereocenters. The van der Waals surface area contributed by atoms with E-state index in [9.17, 15) is 15.0 Å². The van der Waals surface area contributed by atoms with Crippen LogP contribution in [-0.2, 0) is 9.63 Å². The van der Waals surface area contributed by atoms with Crippen molar-refractivity contribution >= 4 is 11.7 Å². The second-order valence-electron chi connectivity index (χ2n) is 9.12. The average Bonchev–Trinajstić information content (AvgIpc) is 3.11. The van der Waals surface area contributed by atoms with E-state index in [1.807, 2.05) is 0 Å². The molecule has 0 aromatic rings. The highest BCUT2D eigenvalue weighted by molar-refractivity contribution is 5.86. The van der Waals surface area contributed by atoms with Crippen LogP contribution >= 0.6 is 0 Å². The monoisotopic (exact) mass is 383 g/mol. The topological polar surface area (TPSA) is 99.4 Å². The van der Waals surface area contributed by atoms with Crippen LogP contribution in [0.5, 0.6) is 0 Å². The van der Waals surface area contributed by atoms with E-state index in [-0.39, 0.29) is 36.6 Å². The molecule has 156 valence electrons. The van der Waals surface area contributed by atoms with Gasteiger partial charge in [-0.25, -0.2) is 0 Å². The molecule has 5 atom stereocenters. The molecule has 0 heterocycles. The third-order valence-corrected chi connectivity index (χ3v) is 6.61. The lowest BCUT2D eigenvalue weighted by Crippen LogP contribution is -2.31. The minimum atomic E-state index is -0.887. The molecule has 27 heavy (non-hydrogen) atoms. The normalized spacial score (nSPS) is 30.5. The van der Waals surface area contributed by atoms with Crippen LogP contribution in [0.4, 0.5) is 0 Å². The highest BCUT2D eigenvalue weighted by Crippen LogP contribution is 2.49. The van der Waals surface area contributed by atoms with Crippen molar-refractivity contribution in [3.8, 4) is 0 Å². The van der Waals surface area contributed by atoms with Gasteiger partial charge in [0, 0.05) is 0 Å². The molecule has 2 saturated carbocycles. The van der Waals surface area contributed by atoms with E-state index < -0.39 is 5.97 Å². The number of nitrogens with zero attached hydrogens (tertiary/aromatic N) is 1. The summed E-state index contributed by atoms with van der Waals surface area (Å²) >= 11 is 0. The highest BCUT2D eigenvalue weighted by atomic mass is 16.6. The van der Waals surface area contributed by atoms with Gasteiger partial charge in [-0.05, 0) is 61.7 Å². The van der Waals surface area contributed by atoms with Crippen LogP contribution in [0.2, 0.25) is 0 Å². The molecule has 6 heteroatoms. The Hall–Kier alpha value is -1.14. The Morgan fingerprint density at radius 3 is 2.78 bits per heavy atom. The van der Waals surface area contributed by atoms with Gasteiger partial charge in [0.1, 0.15) is 6.61 Å². The van der Waals surface area contributed by atoms with E-state index in [2.05, 4.69) is 25.9 Å². The van der Waals surface area contributed by atoms with Gasteiger partial charge in [0.15, 0.2) is 0 Å². The number of carbonyl (C=O) groups is 1. The van der Waals surface area contributed by atoms with Crippen molar-refractivity contribution in [2.45, 2.75) is 90.8 Å². The number of carboxylic acid groups (broad SMARTS) is 1. The van der Waals surface area contributed by atoms with Gasteiger partial charge in [-0.1, -0.05) is 38.8 Å². The molecule has 0 spiro atoms. The van der Waals surface area contributed by atoms with Gasteiger partial charge in [-0.2, -0.15) is 0 Å². The van der Waals surface area contributed by atoms with Crippen LogP contribution in [0.15, 0.2) is 5.16 Å². The number of unbranched alkanes of at least 4 members (excludes halogenated alkanes) is 1. The fraction of sp³-hybridized carbons (Fsp3) is 0.905. The van der Waals surface area contributed by atoms with Crippen molar-refractivity contribution in [1.29, 1.82) is 0 Å². The van der Waals surface area contributed by atoms with Crippen molar-refractivity contribution in [3.63, 3.8) is 0 Å². The summed E-state index contributed by atoms with van der Waals surface area (Å²) in [5, 5.41) is 33.9. The van der Waals surface area contributed by atoms with Crippen molar-refractivity contribution in [3.05, 3.63) is 0 Å². The minimum Gasteiger partial charge on any atom is -0.481 e.